The molecule has 6 nitrogen and oxygen atoms in total. The predicted octanol–water partition coefficient (Wildman–Crippen LogP) is 2.39. The van der Waals surface area contributed by atoms with Gasteiger partial charge >= 0.3 is 6.09 Å². The number of amides is 3. The summed E-state index contributed by atoms with van der Waals surface area (Å²) < 4.78 is 5.34. The molecule has 26 heavy (non-hydrogen) atoms. The lowest BCUT2D eigenvalue weighted by atomic mass is 9.87. The first kappa shape index (κ1) is 17.8. The molecule has 1 aromatic rings. The largest absolute Gasteiger partial charge is 0.447 e. The van der Waals surface area contributed by atoms with Crippen LogP contribution >= 0.6 is 22.6 Å². The van der Waals surface area contributed by atoms with E-state index in [4.69, 9.17) is 4.74 Å². The standard InChI is InChI=1S/C19H21IN2O4/c20-14-8-9-21-15(6-7-16(21)23)17(14)18(24)22-13(11-26-19(22)25)10-12-4-2-1-3-5-12/h1-5,13-15,17H,6-11H2/t13-,14-,15-,17+/m0/s1. The molecule has 0 aromatic heterocycles. The molecule has 4 atom stereocenters. The minimum Gasteiger partial charge on any atom is -0.447 e. The highest BCUT2D eigenvalue weighted by molar-refractivity contribution is 14.1. The summed E-state index contributed by atoms with van der Waals surface area (Å²) in [5, 5.41) is 0. The Morgan fingerprint density at radius 3 is 2.73 bits per heavy atom. The lowest BCUT2D eigenvalue weighted by Crippen LogP contribution is -2.55. The molecule has 0 bridgehead atoms. The van der Waals surface area contributed by atoms with Crippen molar-refractivity contribution >= 4 is 40.5 Å². The molecule has 0 unspecified atom stereocenters. The Hall–Kier alpha value is -1.64. The van der Waals surface area contributed by atoms with Crippen molar-refractivity contribution in [1.29, 1.82) is 0 Å². The summed E-state index contributed by atoms with van der Waals surface area (Å²) >= 11 is 2.30. The van der Waals surface area contributed by atoms with Gasteiger partial charge in [-0.3, -0.25) is 9.59 Å². The molecular formula is C19H21IN2O4. The summed E-state index contributed by atoms with van der Waals surface area (Å²) in [5.41, 5.74) is 1.07. The van der Waals surface area contributed by atoms with E-state index in [1.807, 2.05) is 35.2 Å². The van der Waals surface area contributed by atoms with Crippen molar-refractivity contribution in [1.82, 2.24) is 9.80 Å². The second-order valence-corrected chi connectivity index (χ2v) is 8.75. The van der Waals surface area contributed by atoms with Crippen molar-refractivity contribution in [3.63, 3.8) is 0 Å². The van der Waals surface area contributed by atoms with E-state index in [0.29, 0.717) is 25.8 Å². The first-order valence-electron chi connectivity index (χ1n) is 9.03. The van der Waals surface area contributed by atoms with Gasteiger partial charge in [0.2, 0.25) is 11.8 Å². The van der Waals surface area contributed by atoms with Crippen LogP contribution in [0.5, 0.6) is 0 Å². The maximum atomic E-state index is 13.4. The number of halogens is 1. The molecule has 1 aromatic carbocycles. The monoisotopic (exact) mass is 468 g/mol. The summed E-state index contributed by atoms with van der Waals surface area (Å²) in [7, 11) is 0. The molecule has 0 aliphatic carbocycles. The molecule has 3 aliphatic heterocycles. The zero-order valence-electron chi connectivity index (χ0n) is 14.3. The summed E-state index contributed by atoms with van der Waals surface area (Å²) in [6.45, 7) is 0.935. The fraction of sp³-hybridized carbons (Fsp3) is 0.526. The lowest BCUT2D eigenvalue weighted by molar-refractivity contribution is -0.139. The third-order valence-corrected chi connectivity index (χ3v) is 7.02. The molecule has 0 spiro atoms. The summed E-state index contributed by atoms with van der Waals surface area (Å²) in [4.78, 5) is 40.9. The smallest absolute Gasteiger partial charge is 0.416 e. The molecule has 138 valence electrons. The number of rotatable bonds is 3. The van der Waals surface area contributed by atoms with Gasteiger partial charge in [-0.2, -0.15) is 0 Å². The molecule has 4 rings (SSSR count). The van der Waals surface area contributed by atoms with Crippen molar-refractivity contribution in [2.45, 2.75) is 41.7 Å². The molecule has 0 saturated carbocycles. The van der Waals surface area contributed by atoms with Gasteiger partial charge in [-0.1, -0.05) is 52.9 Å². The molecule has 3 amide bonds. The second kappa shape index (κ2) is 7.17. The number of benzene rings is 1. The van der Waals surface area contributed by atoms with Crippen LogP contribution in [0.25, 0.3) is 0 Å². The Labute approximate surface area is 166 Å². The Morgan fingerprint density at radius 2 is 1.96 bits per heavy atom. The van der Waals surface area contributed by atoms with Gasteiger partial charge in [0.15, 0.2) is 0 Å². The molecule has 0 N–H and O–H groups in total. The zero-order chi connectivity index (χ0) is 18.3. The molecule has 3 heterocycles. The van der Waals surface area contributed by atoms with E-state index >= 15 is 0 Å². The van der Waals surface area contributed by atoms with Gasteiger partial charge in [0.25, 0.3) is 0 Å². The van der Waals surface area contributed by atoms with Crippen LogP contribution in [0.3, 0.4) is 0 Å². The maximum absolute atomic E-state index is 13.4. The van der Waals surface area contributed by atoms with Crippen molar-refractivity contribution in [3.8, 4) is 0 Å². The predicted molar refractivity (Wildman–Crippen MR) is 103 cm³/mol. The van der Waals surface area contributed by atoms with Crippen LogP contribution in [0.1, 0.15) is 24.8 Å². The van der Waals surface area contributed by atoms with Crippen LogP contribution in [0.2, 0.25) is 0 Å². The number of imide groups is 1. The molecule has 3 fully saturated rings. The number of carbonyl (C=O) groups excluding carboxylic acids is 3. The lowest BCUT2D eigenvalue weighted by Gasteiger charge is -2.40. The fourth-order valence-corrected chi connectivity index (χ4v) is 5.41. The highest BCUT2D eigenvalue weighted by Gasteiger charge is 2.50. The fourth-order valence-electron chi connectivity index (χ4n) is 4.35. The number of hydrogen-bond acceptors (Lipinski definition) is 4. The number of nitrogens with zero attached hydrogens (tertiary/aromatic N) is 2. The quantitative estimate of drug-likeness (QED) is 0.505. The molecule has 0 radical (unpaired) electrons. The van der Waals surface area contributed by atoms with Crippen LogP contribution in [0.4, 0.5) is 4.79 Å². The van der Waals surface area contributed by atoms with Crippen LogP contribution in [0, 0.1) is 5.92 Å². The number of hydrogen-bond donors (Lipinski definition) is 0. The van der Waals surface area contributed by atoms with E-state index in [1.54, 1.807) is 0 Å². The van der Waals surface area contributed by atoms with Crippen molar-refractivity contribution < 1.29 is 19.1 Å². The van der Waals surface area contributed by atoms with Crippen molar-refractivity contribution in [2.24, 2.45) is 5.92 Å². The number of cyclic esters (lactones) is 1. The van der Waals surface area contributed by atoms with Crippen LogP contribution in [0.15, 0.2) is 30.3 Å². The minimum atomic E-state index is -0.555. The van der Waals surface area contributed by atoms with Gasteiger partial charge in [-0.05, 0) is 24.8 Å². The Kier molecular flexibility index (Phi) is 4.90. The van der Waals surface area contributed by atoms with E-state index in [1.165, 1.54) is 4.90 Å². The molecule has 7 heteroatoms. The molecule has 3 aliphatic rings. The van der Waals surface area contributed by atoms with Crippen LogP contribution in [-0.2, 0) is 20.7 Å². The third-order valence-electron chi connectivity index (χ3n) is 5.62. The van der Waals surface area contributed by atoms with Gasteiger partial charge in [0.1, 0.15) is 6.61 Å². The first-order chi connectivity index (χ1) is 12.6. The number of alkyl halides is 1. The van der Waals surface area contributed by atoms with Gasteiger partial charge < -0.3 is 9.64 Å². The Bertz CT molecular complexity index is 726. The van der Waals surface area contributed by atoms with E-state index in [2.05, 4.69) is 22.6 Å². The number of carbonyl (C=O) groups is 3. The zero-order valence-corrected chi connectivity index (χ0v) is 16.5. The summed E-state index contributed by atoms with van der Waals surface area (Å²) in [5.74, 6) is -0.391. The summed E-state index contributed by atoms with van der Waals surface area (Å²) in [6.07, 6.45) is 2.01. The Balaban J connectivity index is 1.56. The highest BCUT2D eigenvalue weighted by Crippen LogP contribution is 2.38. The van der Waals surface area contributed by atoms with Gasteiger partial charge in [-0.25, -0.2) is 9.69 Å². The topological polar surface area (TPSA) is 66.9 Å². The van der Waals surface area contributed by atoms with Gasteiger partial charge in [-0.15, -0.1) is 0 Å². The second-order valence-electron chi connectivity index (χ2n) is 7.15. The van der Waals surface area contributed by atoms with E-state index in [0.717, 1.165) is 12.0 Å². The average molecular weight is 468 g/mol. The van der Waals surface area contributed by atoms with E-state index in [-0.39, 0.29) is 40.3 Å². The number of piperidine rings is 1. The Morgan fingerprint density at radius 1 is 1.19 bits per heavy atom. The van der Waals surface area contributed by atoms with E-state index in [9.17, 15) is 14.4 Å². The van der Waals surface area contributed by atoms with E-state index < -0.39 is 6.09 Å². The van der Waals surface area contributed by atoms with Gasteiger partial charge in [0.05, 0.1) is 12.0 Å². The maximum Gasteiger partial charge on any atom is 0.416 e. The van der Waals surface area contributed by atoms with Crippen molar-refractivity contribution in [3.05, 3.63) is 35.9 Å². The highest BCUT2D eigenvalue weighted by atomic mass is 127. The average Bonchev–Trinajstić information content (AvgIpc) is 3.18. The summed E-state index contributed by atoms with van der Waals surface area (Å²) in [6, 6.07) is 9.45. The normalized spacial score (nSPS) is 31.1. The minimum absolute atomic E-state index is 0.0866. The van der Waals surface area contributed by atoms with Crippen LogP contribution in [-0.4, -0.2) is 56.9 Å². The molecular weight excluding hydrogens is 447 g/mol. The number of ether oxygens (including phenoxy) is 1. The first-order valence-corrected chi connectivity index (χ1v) is 10.3. The van der Waals surface area contributed by atoms with Crippen molar-refractivity contribution in [2.75, 3.05) is 13.2 Å². The third kappa shape index (κ3) is 3.10. The van der Waals surface area contributed by atoms with Gasteiger partial charge in [0, 0.05) is 22.9 Å². The number of fused-ring (bicyclic) bond motifs is 1. The molecule has 3 saturated heterocycles. The van der Waals surface area contributed by atoms with Crippen LogP contribution < -0.4 is 0 Å². The SMILES string of the molecule is O=C1CC[C@H]2[C@H](C(=O)N3C(=O)OC[C@@H]3Cc3ccccc3)[C@@H](I)CCN12.